The third kappa shape index (κ3) is 7.69. The summed E-state index contributed by atoms with van der Waals surface area (Å²) in [4.78, 5) is 46.7. The number of carbonyl (C=O) groups is 4. The zero-order valence-electron chi connectivity index (χ0n) is 15.1. The minimum absolute atomic E-state index is 0.00582. The van der Waals surface area contributed by atoms with Crippen molar-refractivity contribution in [3.05, 3.63) is 66.2 Å². The van der Waals surface area contributed by atoms with Crippen LogP contribution in [-0.4, -0.2) is 30.3 Å². The fourth-order valence-electron chi connectivity index (χ4n) is 2.18. The lowest BCUT2D eigenvalue weighted by Gasteiger charge is -2.08. The normalized spacial score (nSPS) is 9.86. The molecular weight excluding hydrogens is 362 g/mol. The summed E-state index contributed by atoms with van der Waals surface area (Å²) in [6.45, 7) is -0.524. The SMILES string of the molecule is O=C(COC(=O)CCCC(=O)Nc1ccccc1)NNC(=O)c1ccccc1. The second-order valence-corrected chi connectivity index (χ2v) is 5.80. The highest BCUT2D eigenvalue weighted by Crippen LogP contribution is 2.07. The van der Waals surface area contributed by atoms with Crippen LogP contribution >= 0.6 is 0 Å². The fourth-order valence-corrected chi connectivity index (χ4v) is 2.18. The Labute approximate surface area is 162 Å². The maximum Gasteiger partial charge on any atom is 0.306 e. The number of para-hydroxylation sites is 1. The van der Waals surface area contributed by atoms with Gasteiger partial charge in [-0.2, -0.15) is 0 Å². The average Bonchev–Trinajstić information content (AvgIpc) is 2.71. The summed E-state index contributed by atoms with van der Waals surface area (Å²) in [5.41, 5.74) is 5.45. The van der Waals surface area contributed by atoms with Gasteiger partial charge < -0.3 is 10.1 Å². The van der Waals surface area contributed by atoms with E-state index in [4.69, 9.17) is 4.74 Å². The molecule has 0 unspecified atom stereocenters. The van der Waals surface area contributed by atoms with E-state index in [1.165, 1.54) is 0 Å². The lowest BCUT2D eigenvalue weighted by molar-refractivity contribution is -0.148. The molecule has 0 spiro atoms. The van der Waals surface area contributed by atoms with E-state index in [1.807, 2.05) is 6.07 Å². The molecule has 0 atom stereocenters. The number of rotatable bonds is 8. The first-order chi connectivity index (χ1) is 13.5. The molecule has 2 aromatic rings. The number of ether oxygens (including phenoxy) is 1. The Morgan fingerprint density at radius 2 is 1.39 bits per heavy atom. The molecule has 0 saturated heterocycles. The van der Waals surface area contributed by atoms with Crippen LogP contribution in [0.1, 0.15) is 29.6 Å². The maximum atomic E-state index is 11.8. The molecule has 3 amide bonds. The first-order valence-electron chi connectivity index (χ1n) is 8.69. The first-order valence-corrected chi connectivity index (χ1v) is 8.69. The summed E-state index contributed by atoms with van der Waals surface area (Å²) in [5, 5.41) is 2.71. The highest BCUT2D eigenvalue weighted by atomic mass is 16.5. The van der Waals surface area contributed by atoms with Gasteiger partial charge in [0.2, 0.25) is 5.91 Å². The Hall–Kier alpha value is -3.68. The first kappa shape index (κ1) is 20.6. The van der Waals surface area contributed by atoms with E-state index in [0.29, 0.717) is 17.7 Å². The summed E-state index contributed by atoms with van der Waals surface area (Å²) < 4.78 is 4.81. The van der Waals surface area contributed by atoms with E-state index in [0.717, 1.165) is 0 Å². The topological polar surface area (TPSA) is 114 Å². The fraction of sp³-hybridized carbons (Fsp3) is 0.200. The van der Waals surface area contributed by atoms with E-state index >= 15 is 0 Å². The van der Waals surface area contributed by atoms with Crippen LogP contribution < -0.4 is 16.2 Å². The Balaban J connectivity index is 1.57. The van der Waals surface area contributed by atoms with Gasteiger partial charge in [0.25, 0.3) is 11.8 Å². The highest BCUT2D eigenvalue weighted by Gasteiger charge is 2.10. The zero-order chi connectivity index (χ0) is 20.2. The Kier molecular flexibility index (Phi) is 8.19. The van der Waals surface area contributed by atoms with Crippen molar-refractivity contribution in [3.8, 4) is 0 Å². The quantitative estimate of drug-likeness (QED) is 0.475. The molecule has 2 rings (SSSR count). The molecule has 0 saturated carbocycles. The van der Waals surface area contributed by atoms with Crippen LogP contribution in [0.15, 0.2) is 60.7 Å². The minimum Gasteiger partial charge on any atom is -0.455 e. The molecule has 28 heavy (non-hydrogen) atoms. The molecule has 2 aromatic carbocycles. The van der Waals surface area contributed by atoms with Crippen molar-refractivity contribution in [2.45, 2.75) is 19.3 Å². The number of benzene rings is 2. The van der Waals surface area contributed by atoms with Gasteiger partial charge in [0.05, 0.1) is 0 Å². The molecule has 8 nitrogen and oxygen atoms in total. The highest BCUT2D eigenvalue weighted by molar-refractivity contribution is 5.95. The largest absolute Gasteiger partial charge is 0.455 e. The van der Waals surface area contributed by atoms with Crippen LogP contribution in [0.4, 0.5) is 5.69 Å². The smallest absolute Gasteiger partial charge is 0.306 e. The molecule has 0 aliphatic heterocycles. The lowest BCUT2D eigenvalue weighted by Crippen LogP contribution is -2.43. The van der Waals surface area contributed by atoms with Gasteiger partial charge in [0, 0.05) is 24.1 Å². The van der Waals surface area contributed by atoms with Crippen LogP contribution in [-0.2, 0) is 19.1 Å². The number of amides is 3. The summed E-state index contributed by atoms with van der Waals surface area (Å²) in [7, 11) is 0. The zero-order valence-corrected chi connectivity index (χ0v) is 15.1. The minimum atomic E-state index is -0.667. The number of hydrogen-bond donors (Lipinski definition) is 3. The Morgan fingerprint density at radius 1 is 0.750 bits per heavy atom. The predicted molar refractivity (Wildman–Crippen MR) is 102 cm³/mol. The van der Waals surface area contributed by atoms with E-state index in [9.17, 15) is 19.2 Å². The van der Waals surface area contributed by atoms with Crippen LogP contribution in [0.2, 0.25) is 0 Å². The van der Waals surface area contributed by atoms with Gasteiger partial charge in [0.15, 0.2) is 6.61 Å². The summed E-state index contributed by atoms with van der Waals surface area (Å²) in [6.07, 6.45) is 0.457. The molecule has 0 aliphatic rings. The Bertz CT molecular complexity index is 809. The van der Waals surface area contributed by atoms with Crippen molar-refractivity contribution >= 4 is 29.4 Å². The van der Waals surface area contributed by atoms with Crippen LogP contribution in [0.5, 0.6) is 0 Å². The Morgan fingerprint density at radius 3 is 2.07 bits per heavy atom. The molecule has 0 aliphatic carbocycles. The molecule has 146 valence electrons. The van der Waals surface area contributed by atoms with Crippen molar-refractivity contribution in [1.82, 2.24) is 10.9 Å². The summed E-state index contributed by atoms with van der Waals surface area (Å²) >= 11 is 0. The van der Waals surface area contributed by atoms with Gasteiger partial charge in [-0.3, -0.25) is 30.0 Å². The van der Waals surface area contributed by atoms with Crippen LogP contribution in [0.25, 0.3) is 0 Å². The monoisotopic (exact) mass is 383 g/mol. The standard InChI is InChI=1S/C20H21N3O5/c24-17(21-16-10-5-2-6-11-16)12-7-13-19(26)28-14-18(25)22-23-20(27)15-8-3-1-4-9-15/h1-6,8-11H,7,12-14H2,(H,21,24)(H,22,25)(H,23,27). The molecular formula is C20H21N3O5. The molecule has 0 heterocycles. The van der Waals surface area contributed by atoms with Gasteiger partial charge in [-0.25, -0.2) is 0 Å². The van der Waals surface area contributed by atoms with E-state index < -0.39 is 24.4 Å². The van der Waals surface area contributed by atoms with Crippen molar-refractivity contribution in [1.29, 1.82) is 0 Å². The summed E-state index contributed by atoms with van der Waals surface area (Å²) in [6, 6.07) is 17.3. The second-order valence-electron chi connectivity index (χ2n) is 5.80. The third-order valence-corrected chi connectivity index (χ3v) is 3.56. The molecule has 0 bridgehead atoms. The van der Waals surface area contributed by atoms with Crippen LogP contribution in [0, 0.1) is 0 Å². The van der Waals surface area contributed by atoms with Gasteiger partial charge in [-0.1, -0.05) is 36.4 Å². The van der Waals surface area contributed by atoms with Crippen molar-refractivity contribution < 1.29 is 23.9 Å². The average molecular weight is 383 g/mol. The van der Waals surface area contributed by atoms with Gasteiger partial charge in [-0.05, 0) is 30.7 Å². The molecule has 0 aromatic heterocycles. The third-order valence-electron chi connectivity index (χ3n) is 3.56. The number of esters is 1. The van der Waals surface area contributed by atoms with Gasteiger partial charge >= 0.3 is 5.97 Å². The van der Waals surface area contributed by atoms with E-state index in [2.05, 4.69) is 16.2 Å². The van der Waals surface area contributed by atoms with Crippen molar-refractivity contribution in [2.75, 3.05) is 11.9 Å². The molecule has 0 fully saturated rings. The predicted octanol–water partition coefficient (Wildman–Crippen LogP) is 1.80. The van der Waals surface area contributed by atoms with E-state index in [1.54, 1.807) is 54.6 Å². The number of nitrogens with one attached hydrogen (secondary N) is 3. The lowest BCUT2D eigenvalue weighted by atomic mass is 10.2. The van der Waals surface area contributed by atoms with Gasteiger partial charge in [-0.15, -0.1) is 0 Å². The van der Waals surface area contributed by atoms with Gasteiger partial charge in [0.1, 0.15) is 0 Å². The number of hydrogen-bond acceptors (Lipinski definition) is 5. The number of hydrazine groups is 1. The maximum absolute atomic E-state index is 11.8. The van der Waals surface area contributed by atoms with E-state index in [-0.39, 0.29) is 18.7 Å². The molecule has 0 radical (unpaired) electrons. The number of anilines is 1. The van der Waals surface area contributed by atoms with Crippen molar-refractivity contribution in [2.24, 2.45) is 0 Å². The molecule has 8 heteroatoms. The second kappa shape index (κ2) is 11.1. The number of carbonyl (C=O) groups excluding carboxylic acids is 4. The van der Waals surface area contributed by atoms with Crippen LogP contribution in [0.3, 0.4) is 0 Å². The molecule has 3 N–H and O–H groups in total. The van der Waals surface area contributed by atoms with Crippen molar-refractivity contribution in [3.63, 3.8) is 0 Å². The summed E-state index contributed by atoms with van der Waals surface area (Å²) in [5.74, 6) is -1.96.